The largest absolute Gasteiger partial charge is 0.473 e. The number of benzene rings is 1. The van der Waals surface area contributed by atoms with Gasteiger partial charge < -0.3 is 18.9 Å². The summed E-state index contributed by atoms with van der Waals surface area (Å²) in [6.07, 6.45) is 0.0152. The van der Waals surface area contributed by atoms with Crippen LogP contribution < -0.4 is 9.47 Å². The molecule has 0 N–H and O–H groups in total. The minimum absolute atomic E-state index is 0.0526. The summed E-state index contributed by atoms with van der Waals surface area (Å²) < 4.78 is 61.2. The maximum absolute atomic E-state index is 14.7. The molecule has 0 saturated carbocycles. The van der Waals surface area contributed by atoms with E-state index in [1.807, 2.05) is 18.9 Å². The molecular formula is C31H34F3N7O4. The number of carbonyl (C=O) groups excluding carboxylic acids is 1. The van der Waals surface area contributed by atoms with Crippen molar-refractivity contribution in [2.45, 2.75) is 75.9 Å². The van der Waals surface area contributed by atoms with E-state index in [9.17, 15) is 23.2 Å². The van der Waals surface area contributed by atoms with Crippen LogP contribution in [-0.4, -0.2) is 86.4 Å². The van der Waals surface area contributed by atoms with Crippen LogP contribution in [0.25, 0.3) is 11.6 Å². The fraction of sp³-hybridized carbons (Fsp3) is 0.484. The lowest BCUT2D eigenvalue weighted by molar-refractivity contribution is -0.126. The summed E-state index contributed by atoms with van der Waals surface area (Å²) in [5.41, 5.74) is -1.59. The van der Waals surface area contributed by atoms with Crippen LogP contribution in [0.15, 0.2) is 41.4 Å². The Morgan fingerprint density at radius 1 is 1.20 bits per heavy atom. The third kappa shape index (κ3) is 6.63. The van der Waals surface area contributed by atoms with Crippen molar-refractivity contribution in [2.75, 3.05) is 20.1 Å². The lowest BCUT2D eigenvalue weighted by Crippen LogP contribution is -2.38. The van der Waals surface area contributed by atoms with Gasteiger partial charge in [-0.15, -0.1) is 0 Å². The minimum Gasteiger partial charge on any atom is -0.473 e. The second kappa shape index (κ2) is 12.8. The molecule has 0 bridgehead atoms. The van der Waals surface area contributed by atoms with E-state index >= 15 is 0 Å². The number of likely N-dealkylation sites (N-methyl/N-ethyl adjacent to an activating group) is 1. The van der Waals surface area contributed by atoms with E-state index in [4.69, 9.17) is 14.0 Å². The first-order chi connectivity index (χ1) is 21.4. The Bertz CT molecular complexity index is 1590. The molecule has 2 aromatic heterocycles. The summed E-state index contributed by atoms with van der Waals surface area (Å²) in [5.74, 6) is -1.90. The molecule has 1 amide bonds. The smallest absolute Gasteiger partial charge is 0.246 e. The van der Waals surface area contributed by atoms with Crippen LogP contribution in [0.2, 0.25) is 0 Å². The molecule has 11 nitrogen and oxygen atoms in total. The first-order valence-corrected chi connectivity index (χ1v) is 14.6. The number of amides is 1. The van der Waals surface area contributed by atoms with E-state index in [1.165, 1.54) is 23.1 Å². The predicted octanol–water partition coefficient (Wildman–Crippen LogP) is 4.39. The lowest BCUT2D eigenvalue weighted by atomic mass is 9.83. The number of hydrogen-bond acceptors (Lipinski definition) is 10. The zero-order chi connectivity index (χ0) is 32.5. The molecule has 4 heterocycles. The van der Waals surface area contributed by atoms with Crippen molar-refractivity contribution in [1.82, 2.24) is 29.9 Å². The van der Waals surface area contributed by atoms with Gasteiger partial charge in [-0.1, -0.05) is 17.8 Å². The molecule has 0 aliphatic carbocycles. The van der Waals surface area contributed by atoms with Crippen molar-refractivity contribution in [1.29, 1.82) is 5.26 Å². The Morgan fingerprint density at radius 3 is 2.56 bits per heavy atom. The summed E-state index contributed by atoms with van der Waals surface area (Å²) in [5, 5.41) is 13.2. The number of nitriles is 1. The van der Waals surface area contributed by atoms with Crippen molar-refractivity contribution >= 4 is 5.91 Å². The summed E-state index contributed by atoms with van der Waals surface area (Å²) in [7, 11) is 1.82. The number of alkyl halides is 1. The van der Waals surface area contributed by atoms with Crippen molar-refractivity contribution in [3.8, 4) is 29.5 Å². The molecule has 14 heteroatoms. The molecule has 45 heavy (non-hydrogen) atoms. The van der Waals surface area contributed by atoms with E-state index in [0.717, 1.165) is 12.1 Å². The van der Waals surface area contributed by atoms with Gasteiger partial charge in [0.15, 0.2) is 0 Å². The van der Waals surface area contributed by atoms with Crippen LogP contribution in [0.4, 0.5) is 13.2 Å². The van der Waals surface area contributed by atoms with E-state index in [-0.39, 0.29) is 72.4 Å². The second-order valence-corrected chi connectivity index (χ2v) is 11.9. The van der Waals surface area contributed by atoms with Crippen LogP contribution in [0.1, 0.15) is 51.5 Å². The average Bonchev–Trinajstić information content (AvgIpc) is 3.71. The third-order valence-corrected chi connectivity index (χ3v) is 8.27. The minimum atomic E-state index is -1.35. The number of rotatable bonds is 10. The normalized spacial score (nSPS) is 22.7. The van der Waals surface area contributed by atoms with Crippen LogP contribution in [0, 0.1) is 23.0 Å². The lowest BCUT2D eigenvalue weighted by Gasteiger charge is -2.26. The first-order valence-electron chi connectivity index (χ1n) is 14.6. The van der Waals surface area contributed by atoms with Crippen LogP contribution >= 0.6 is 0 Å². The number of ether oxygens (including phenoxy) is 2. The van der Waals surface area contributed by atoms with Crippen molar-refractivity contribution in [3.63, 3.8) is 0 Å². The maximum Gasteiger partial charge on any atom is 0.246 e. The SMILES string of the molecule is C=CC(=O)N1C[C@H](Oc2cc(O[C@@H](C)[C@@H]3C[C@@H](F)CN3C)nc(-c3noc(C(C)(C)c4c(F)cccc4F)n3)n2)C[C@H]1CC#N. The average molecular weight is 626 g/mol. The Morgan fingerprint density at radius 2 is 1.91 bits per heavy atom. The van der Waals surface area contributed by atoms with E-state index in [2.05, 4.69) is 32.8 Å². The molecule has 2 aliphatic rings. The van der Waals surface area contributed by atoms with Gasteiger partial charge in [0.2, 0.25) is 35.2 Å². The Kier molecular flexibility index (Phi) is 9.11. The molecule has 238 valence electrons. The summed E-state index contributed by atoms with van der Waals surface area (Å²) >= 11 is 0. The maximum atomic E-state index is 14.7. The summed E-state index contributed by atoms with van der Waals surface area (Å²) in [6.45, 7) is 8.93. The Hall–Kier alpha value is -4.51. The molecule has 5 atom stereocenters. The number of nitrogens with zero attached hydrogens (tertiary/aromatic N) is 7. The highest BCUT2D eigenvalue weighted by Gasteiger charge is 2.38. The zero-order valence-electron chi connectivity index (χ0n) is 25.4. The quantitative estimate of drug-likeness (QED) is 0.299. The molecule has 5 rings (SSSR count). The molecule has 3 aromatic rings. The fourth-order valence-corrected chi connectivity index (χ4v) is 5.99. The van der Waals surface area contributed by atoms with E-state index in [0.29, 0.717) is 12.8 Å². The zero-order valence-corrected chi connectivity index (χ0v) is 25.4. The summed E-state index contributed by atoms with van der Waals surface area (Å²) in [4.78, 5) is 29.1. The molecular weight excluding hydrogens is 591 g/mol. The van der Waals surface area contributed by atoms with Crippen molar-refractivity contribution < 1.29 is 32.0 Å². The van der Waals surface area contributed by atoms with Gasteiger partial charge >= 0.3 is 0 Å². The highest BCUT2D eigenvalue weighted by molar-refractivity contribution is 5.87. The van der Waals surface area contributed by atoms with Gasteiger partial charge in [0.05, 0.1) is 30.5 Å². The highest BCUT2D eigenvalue weighted by atomic mass is 19.1. The number of hydrogen-bond donors (Lipinski definition) is 0. The predicted molar refractivity (Wildman–Crippen MR) is 155 cm³/mol. The number of halogens is 3. The van der Waals surface area contributed by atoms with Crippen LogP contribution in [-0.2, 0) is 10.2 Å². The molecule has 2 fully saturated rings. The Labute approximate surface area is 258 Å². The van der Waals surface area contributed by atoms with Gasteiger partial charge in [0, 0.05) is 30.6 Å². The second-order valence-electron chi connectivity index (χ2n) is 11.9. The first kappa shape index (κ1) is 31.9. The molecule has 0 radical (unpaired) electrons. The van der Waals surface area contributed by atoms with Gasteiger partial charge in [-0.05, 0) is 52.4 Å². The summed E-state index contributed by atoms with van der Waals surface area (Å²) in [6, 6.07) is 6.55. The van der Waals surface area contributed by atoms with Crippen molar-refractivity contribution in [2.24, 2.45) is 0 Å². The van der Waals surface area contributed by atoms with Gasteiger partial charge in [-0.3, -0.25) is 9.69 Å². The van der Waals surface area contributed by atoms with Crippen molar-refractivity contribution in [3.05, 3.63) is 60.0 Å². The number of carbonyl (C=O) groups is 1. The molecule has 1 aromatic carbocycles. The van der Waals surface area contributed by atoms with Crippen LogP contribution in [0.3, 0.4) is 0 Å². The molecule has 0 spiro atoms. The monoisotopic (exact) mass is 625 g/mol. The highest BCUT2D eigenvalue weighted by Crippen LogP contribution is 2.35. The number of likely N-dealkylation sites (tertiary alicyclic amines) is 2. The number of aromatic nitrogens is 4. The molecule has 0 unspecified atom stereocenters. The van der Waals surface area contributed by atoms with E-state index in [1.54, 1.807) is 13.8 Å². The van der Waals surface area contributed by atoms with Gasteiger partial charge in [-0.2, -0.15) is 20.2 Å². The molecule has 2 aliphatic heterocycles. The van der Waals surface area contributed by atoms with Gasteiger partial charge in [-0.25, -0.2) is 13.2 Å². The van der Waals surface area contributed by atoms with Gasteiger partial charge in [0.1, 0.15) is 30.0 Å². The molecule has 2 saturated heterocycles. The van der Waals surface area contributed by atoms with Gasteiger partial charge in [0.25, 0.3) is 0 Å². The van der Waals surface area contributed by atoms with E-state index < -0.39 is 35.4 Å². The third-order valence-electron chi connectivity index (χ3n) is 8.27. The fourth-order valence-electron chi connectivity index (χ4n) is 5.99. The topological polar surface area (TPSA) is 130 Å². The Balaban J connectivity index is 1.47. The van der Waals surface area contributed by atoms with Crippen LogP contribution in [0.5, 0.6) is 11.8 Å². The standard InChI is InChI=1S/C31H34F3N7O4/c1-6-26(42)41-16-20(13-19(41)10-11-35)44-25-14-24(43-17(2)23-12-18(32)15-40(23)5)36-28(37-25)29-38-30(45-39-29)31(3,4)27-21(33)8-7-9-22(27)34/h6-9,14,17-20,23H,1,10,12-13,15-16H2,2-5H3/t17-,18+,19+,20+,23-/m0/s1.